The Morgan fingerprint density at radius 2 is 2.40 bits per heavy atom. The third kappa shape index (κ3) is 1.67. The van der Waals surface area contributed by atoms with Crippen molar-refractivity contribution in [2.24, 2.45) is 11.7 Å². The maximum atomic E-state index is 13.0. The summed E-state index contributed by atoms with van der Waals surface area (Å²) < 4.78 is 13.0. The molecule has 10 heavy (non-hydrogen) atoms. The van der Waals surface area contributed by atoms with Crippen LogP contribution in [-0.4, -0.2) is 37.8 Å². The molecule has 2 atom stereocenters. The maximum absolute atomic E-state index is 13.0. The summed E-state index contributed by atoms with van der Waals surface area (Å²) in [5.41, 5.74) is 5.38. The Morgan fingerprint density at radius 3 is 2.90 bits per heavy atom. The zero-order chi connectivity index (χ0) is 7.56. The molecule has 0 aliphatic carbocycles. The Bertz CT molecular complexity index is 108. The van der Waals surface area contributed by atoms with Crippen LogP contribution in [0.1, 0.15) is 6.42 Å². The molecule has 0 aromatic rings. The highest BCUT2D eigenvalue weighted by atomic mass is 19.1. The van der Waals surface area contributed by atoms with Gasteiger partial charge in [-0.05, 0) is 26.6 Å². The van der Waals surface area contributed by atoms with Crippen LogP contribution in [0.15, 0.2) is 0 Å². The minimum Gasteiger partial charge on any atom is -0.330 e. The fourth-order valence-corrected chi connectivity index (χ4v) is 1.37. The maximum Gasteiger partial charge on any atom is 0.117 e. The number of hydrogen-bond donors (Lipinski definition) is 1. The van der Waals surface area contributed by atoms with Crippen molar-refractivity contribution in [1.82, 2.24) is 4.90 Å². The van der Waals surface area contributed by atoms with E-state index in [0.717, 1.165) is 13.0 Å². The molecule has 1 saturated heterocycles. The molecule has 0 unspecified atom stereocenters. The molecule has 0 aromatic carbocycles. The lowest BCUT2D eigenvalue weighted by molar-refractivity contribution is 0.107. The first-order chi connectivity index (χ1) is 4.74. The molecule has 0 saturated carbocycles. The molecule has 2 N–H and O–H groups in total. The van der Waals surface area contributed by atoms with Gasteiger partial charge in [-0.2, -0.15) is 0 Å². The summed E-state index contributed by atoms with van der Waals surface area (Å²) in [5, 5.41) is 0. The van der Waals surface area contributed by atoms with E-state index < -0.39 is 6.17 Å². The summed E-state index contributed by atoms with van der Waals surface area (Å²) in [5.74, 6) is 0.108. The highest BCUT2D eigenvalue weighted by Gasteiger charge is 2.25. The molecule has 0 spiro atoms. The van der Waals surface area contributed by atoms with E-state index in [1.54, 1.807) is 0 Å². The largest absolute Gasteiger partial charge is 0.330 e. The predicted octanol–water partition coefficient (Wildman–Crippen LogP) is 0.235. The lowest BCUT2D eigenvalue weighted by Crippen LogP contribution is -2.42. The van der Waals surface area contributed by atoms with Crippen molar-refractivity contribution >= 4 is 0 Å². The molecule has 1 rings (SSSR count). The fourth-order valence-electron chi connectivity index (χ4n) is 1.37. The summed E-state index contributed by atoms with van der Waals surface area (Å²) in [6, 6.07) is 0. The molecule has 0 bridgehead atoms. The van der Waals surface area contributed by atoms with Crippen LogP contribution in [0, 0.1) is 5.92 Å². The molecule has 1 aliphatic heterocycles. The van der Waals surface area contributed by atoms with E-state index in [4.69, 9.17) is 5.73 Å². The molecular weight excluding hydrogens is 131 g/mol. The molecule has 1 aliphatic rings. The van der Waals surface area contributed by atoms with Gasteiger partial charge in [-0.1, -0.05) is 0 Å². The predicted molar refractivity (Wildman–Crippen MR) is 39.6 cm³/mol. The Hall–Kier alpha value is -0.150. The van der Waals surface area contributed by atoms with Crippen molar-refractivity contribution in [2.45, 2.75) is 12.6 Å². The van der Waals surface area contributed by atoms with Gasteiger partial charge in [0.2, 0.25) is 0 Å². The summed E-state index contributed by atoms with van der Waals surface area (Å²) >= 11 is 0. The van der Waals surface area contributed by atoms with E-state index in [1.807, 2.05) is 11.9 Å². The molecule has 0 radical (unpaired) electrons. The first-order valence-corrected chi connectivity index (χ1v) is 3.76. The Morgan fingerprint density at radius 1 is 1.70 bits per heavy atom. The van der Waals surface area contributed by atoms with Gasteiger partial charge in [0.05, 0.1) is 0 Å². The van der Waals surface area contributed by atoms with Crippen molar-refractivity contribution in [3.63, 3.8) is 0 Å². The van der Waals surface area contributed by atoms with Gasteiger partial charge >= 0.3 is 0 Å². The molecule has 3 heteroatoms. The standard InChI is InChI=1S/C7H15FN2/c1-10-3-2-6(4-9)7(8)5-10/h6-7H,2-5,9H2,1H3/t6-,7-/m0/s1. The third-order valence-electron chi connectivity index (χ3n) is 2.18. The number of hydrogen-bond acceptors (Lipinski definition) is 2. The van der Waals surface area contributed by atoms with Gasteiger partial charge in [0, 0.05) is 12.5 Å². The van der Waals surface area contributed by atoms with E-state index in [2.05, 4.69) is 0 Å². The van der Waals surface area contributed by atoms with E-state index in [1.165, 1.54) is 0 Å². The number of piperidine rings is 1. The number of alkyl halides is 1. The van der Waals surface area contributed by atoms with E-state index in [9.17, 15) is 4.39 Å². The zero-order valence-electron chi connectivity index (χ0n) is 6.39. The van der Waals surface area contributed by atoms with Gasteiger partial charge in [-0.3, -0.25) is 0 Å². The fraction of sp³-hybridized carbons (Fsp3) is 1.00. The van der Waals surface area contributed by atoms with Gasteiger partial charge in [0.25, 0.3) is 0 Å². The first kappa shape index (κ1) is 7.95. The number of nitrogens with two attached hydrogens (primary N) is 1. The zero-order valence-corrected chi connectivity index (χ0v) is 6.39. The van der Waals surface area contributed by atoms with Crippen molar-refractivity contribution in [3.05, 3.63) is 0 Å². The molecule has 1 heterocycles. The van der Waals surface area contributed by atoms with Crippen LogP contribution in [-0.2, 0) is 0 Å². The monoisotopic (exact) mass is 146 g/mol. The van der Waals surface area contributed by atoms with Gasteiger partial charge in [0.15, 0.2) is 0 Å². The lowest BCUT2D eigenvalue weighted by Gasteiger charge is -2.31. The van der Waals surface area contributed by atoms with Crippen molar-refractivity contribution in [1.29, 1.82) is 0 Å². The van der Waals surface area contributed by atoms with Gasteiger partial charge < -0.3 is 10.6 Å². The van der Waals surface area contributed by atoms with Gasteiger partial charge in [0.1, 0.15) is 6.17 Å². The van der Waals surface area contributed by atoms with Crippen LogP contribution in [0.5, 0.6) is 0 Å². The number of nitrogens with zero attached hydrogens (tertiary/aromatic N) is 1. The molecule has 60 valence electrons. The van der Waals surface area contributed by atoms with E-state index in [-0.39, 0.29) is 5.92 Å². The van der Waals surface area contributed by atoms with Crippen LogP contribution in [0.4, 0.5) is 4.39 Å². The van der Waals surface area contributed by atoms with Crippen molar-refractivity contribution in [2.75, 3.05) is 26.7 Å². The third-order valence-corrected chi connectivity index (χ3v) is 2.18. The molecule has 0 amide bonds. The summed E-state index contributed by atoms with van der Waals surface area (Å²) in [6.07, 6.45) is 0.206. The lowest BCUT2D eigenvalue weighted by atomic mass is 9.96. The highest BCUT2D eigenvalue weighted by Crippen LogP contribution is 2.17. The summed E-state index contributed by atoms with van der Waals surface area (Å²) in [6.45, 7) is 2.04. The second-order valence-electron chi connectivity index (χ2n) is 3.06. The number of halogens is 1. The number of likely N-dealkylation sites (tertiary alicyclic amines) is 1. The molecular formula is C7H15FN2. The van der Waals surface area contributed by atoms with Crippen LogP contribution in [0.3, 0.4) is 0 Å². The van der Waals surface area contributed by atoms with Crippen molar-refractivity contribution < 1.29 is 4.39 Å². The smallest absolute Gasteiger partial charge is 0.117 e. The topological polar surface area (TPSA) is 29.3 Å². The average molecular weight is 146 g/mol. The van der Waals surface area contributed by atoms with Crippen LogP contribution in [0.2, 0.25) is 0 Å². The Balaban J connectivity index is 2.36. The molecule has 0 aromatic heterocycles. The van der Waals surface area contributed by atoms with E-state index in [0.29, 0.717) is 13.1 Å². The quantitative estimate of drug-likeness (QED) is 0.574. The molecule has 2 nitrogen and oxygen atoms in total. The summed E-state index contributed by atoms with van der Waals surface area (Å²) in [7, 11) is 1.94. The van der Waals surface area contributed by atoms with Crippen LogP contribution in [0.25, 0.3) is 0 Å². The van der Waals surface area contributed by atoms with Crippen molar-refractivity contribution in [3.8, 4) is 0 Å². The SMILES string of the molecule is CN1CC[C@@H](CN)[C@@H](F)C1. The van der Waals surface area contributed by atoms with Crippen LogP contribution >= 0.6 is 0 Å². The van der Waals surface area contributed by atoms with Crippen LogP contribution < -0.4 is 5.73 Å². The van der Waals surface area contributed by atoms with Gasteiger partial charge in [-0.25, -0.2) is 4.39 Å². The average Bonchev–Trinajstić information content (AvgIpc) is 1.88. The first-order valence-electron chi connectivity index (χ1n) is 3.76. The Labute approximate surface area is 61.2 Å². The number of rotatable bonds is 1. The second-order valence-corrected chi connectivity index (χ2v) is 3.06. The minimum atomic E-state index is -0.705. The highest BCUT2D eigenvalue weighted by molar-refractivity contribution is 4.78. The minimum absolute atomic E-state index is 0.108. The van der Waals surface area contributed by atoms with E-state index >= 15 is 0 Å². The summed E-state index contributed by atoms with van der Waals surface area (Å²) in [4.78, 5) is 2.01. The van der Waals surface area contributed by atoms with Gasteiger partial charge in [-0.15, -0.1) is 0 Å². The molecule has 1 fully saturated rings. The normalized spacial score (nSPS) is 36.3. The Kier molecular flexibility index (Phi) is 2.63. The second kappa shape index (κ2) is 3.30.